The molecule has 2 atom stereocenters. The van der Waals surface area contributed by atoms with Crippen molar-refractivity contribution in [1.82, 2.24) is 4.98 Å². The summed E-state index contributed by atoms with van der Waals surface area (Å²) in [5, 5.41) is 0. The molecular weight excluding hydrogens is 214 g/mol. The second-order valence-corrected chi connectivity index (χ2v) is 4.68. The van der Waals surface area contributed by atoms with Crippen molar-refractivity contribution in [3.63, 3.8) is 0 Å². The topological polar surface area (TPSA) is 51.4 Å². The van der Waals surface area contributed by atoms with Gasteiger partial charge in [-0.2, -0.15) is 0 Å². The van der Waals surface area contributed by atoms with E-state index in [4.69, 9.17) is 10.5 Å². The normalized spacial score (nSPS) is 24.4. The fourth-order valence-corrected chi connectivity index (χ4v) is 2.54. The Hall–Kier alpha value is -1.29. The van der Waals surface area contributed by atoms with Crippen molar-refractivity contribution in [3.8, 4) is 5.88 Å². The summed E-state index contributed by atoms with van der Waals surface area (Å²) in [6, 6.07) is 4.66. The summed E-state index contributed by atoms with van der Waals surface area (Å²) in [5.74, 6) is 0.652. The number of nitrogens with two attached hydrogens (primary N) is 1. The second-order valence-electron chi connectivity index (χ2n) is 4.68. The molecule has 1 aliphatic carbocycles. The quantitative estimate of drug-likeness (QED) is 0.868. The molecule has 2 N–H and O–H groups in total. The van der Waals surface area contributed by atoms with E-state index in [0.29, 0.717) is 11.9 Å². The van der Waals surface area contributed by atoms with E-state index in [1.807, 2.05) is 12.1 Å². The molecule has 4 nitrogen and oxygen atoms in total. The number of anilines is 1. The number of hydrogen-bond donors (Lipinski definition) is 1. The highest BCUT2D eigenvalue weighted by atomic mass is 16.5. The molecule has 0 saturated heterocycles. The van der Waals surface area contributed by atoms with Crippen LogP contribution in [0.4, 0.5) is 5.69 Å². The van der Waals surface area contributed by atoms with Crippen LogP contribution in [0.2, 0.25) is 0 Å². The second kappa shape index (κ2) is 5.36. The SMILES string of the molecule is COc1cc(N(C)C2CCCCC2N)ccn1. The Labute approximate surface area is 103 Å². The lowest BCUT2D eigenvalue weighted by Gasteiger charge is -2.37. The monoisotopic (exact) mass is 235 g/mol. The summed E-state index contributed by atoms with van der Waals surface area (Å²) in [6.45, 7) is 0. The maximum absolute atomic E-state index is 6.20. The molecule has 94 valence electrons. The van der Waals surface area contributed by atoms with Crippen molar-refractivity contribution < 1.29 is 4.74 Å². The predicted octanol–water partition coefficient (Wildman–Crippen LogP) is 1.80. The van der Waals surface area contributed by atoms with Gasteiger partial charge in [0.15, 0.2) is 0 Å². The van der Waals surface area contributed by atoms with Crippen LogP contribution in [-0.2, 0) is 0 Å². The average molecular weight is 235 g/mol. The Morgan fingerprint density at radius 3 is 2.88 bits per heavy atom. The highest BCUT2D eigenvalue weighted by Crippen LogP contribution is 2.26. The van der Waals surface area contributed by atoms with Crippen LogP contribution in [0.25, 0.3) is 0 Å². The molecule has 1 saturated carbocycles. The smallest absolute Gasteiger partial charge is 0.214 e. The molecule has 0 amide bonds. The number of ether oxygens (including phenoxy) is 1. The van der Waals surface area contributed by atoms with Gasteiger partial charge < -0.3 is 15.4 Å². The molecule has 1 heterocycles. The fraction of sp³-hybridized carbons (Fsp3) is 0.615. The van der Waals surface area contributed by atoms with Crippen LogP contribution in [0.1, 0.15) is 25.7 Å². The molecule has 17 heavy (non-hydrogen) atoms. The summed E-state index contributed by atoms with van der Waals surface area (Å²) >= 11 is 0. The van der Waals surface area contributed by atoms with Crippen LogP contribution in [0.3, 0.4) is 0 Å². The van der Waals surface area contributed by atoms with Gasteiger partial charge in [0.05, 0.1) is 7.11 Å². The first-order valence-corrected chi connectivity index (χ1v) is 6.21. The van der Waals surface area contributed by atoms with Gasteiger partial charge in [-0.15, -0.1) is 0 Å². The number of methoxy groups -OCH3 is 1. The zero-order valence-electron chi connectivity index (χ0n) is 10.6. The summed E-state index contributed by atoms with van der Waals surface area (Å²) < 4.78 is 5.15. The molecule has 1 aromatic rings. The van der Waals surface area contributed by atoms with Crippen molar-refractivity contribution in [1.29, 1.82) is 0 Å². The van der Waals surface area contributed by atoms with E-state index < -0.39 is 0 Å². The zero-order chi connectivity index (χ0) is 12.3. The van der Waals surface area contributed by atoms with Crippen molar-refractivity contribution in [2.75, 3.05) is 19.1 Å². The van der Waals surface area contributed by atoms with Gasteiger partial charge in [0, 0.05) is 37.1 Å². The van der Waals surface area contributed by atoms with E-state index in [1.54, 1.807) is 13.3 Å². The van der Waals surface area contributed by atoms with E-state index in [0.717, 1.165) is 12.1 Å². The van der Waals surface area contributed by atoms with Gasteiger partial charge >= 0.3 is 0 Å². The lowest BCUT2D eigenvalue weighted by atomic mass is 9.90. The van der Waals surface area contributed by atoms with Crippen molar-refractivity contribution in [3.05, 3.63) is 18.3 Å². The summed E-state index contributed by atoms with van der Waals surface area (Å²) in [4.78, 5) is 6.38. The van der Waals surface area contributed by atoms with E-state index in [9.17, 15) is 0 Å². The van der Waals surface area contributed by atoms with Crippen molar-refractivity contribution >= 4 is 5.69 Å². The van der Waals surface area contributed by atoms with Crippen LogP contribution in [0.5, 0.6) is 5.88 Å². The Bertz CT molecular complexity index is 369. The highest BCUT2D eigenvalue weighted by Gasteiger charge is 2.25. The summed E-state index contributed by atoms with van der Waals surface area (Å²) in [5.41, 5.74) is 7.32. The molecule has 0 spiro atoms. The Kier molecular flexibility index (Phi) is 3.84. The molecule has 2 rings (SSSR count). The third kappa shape index (κ3) is 2.69. The van der Waals surface area contributed by atoms with Gasteiger partial charge in [0.25, 0.3) is 0 Å². The molecule has 1 aromatic heterocycles. The van der Waals surface area contributed by atoms with Gasteiger partial charge in [-0.05, 0) is 18.9 Å². The van der Waals surface area contributed by atoms with Crippen LogP contribution >= 0.6 is 0 Å². The van der Waals surface area contributed by atoms with E-state index in [1.165, 1.54) is 19.3 Å². The van der Waals surface area contributed by atoms with E-state index >= 15 is 0 Å². The van der Waals surface area contributed by atoms with Gasteiger partial charge in [0.1, 0.15) is 0 Å². The molecule has 0 aliphatic heterocycles. The van der Waals surface area contributed by atoms with Gasteiger partial charge in [-0.3, -0.25) is 0 Å². The average Bonchev–Trinajstić information content (AvgIpc) is 2.38. The highest BCUT2D eigenvalue weighted by molar-refractivity contribution is 5.48. The number of likely N-dealkylation sites (N-methyl/N-ethyl adjacent to an activating group) is 1. The zero-order valence-corrected chi connectivity index (χ0v) is 10.6. The summed E-state index contributed by atoms with van der Waals surface area (Å²) in [7, 11) is 3.74. The van der Waals surface area contributed by atoms with E-state index in [2.05, 4.69) is 16.9 Å². The maximum Gasteiger partial charge on any atom is 0.214 e. The lowest BCUT2D eigenvalue weighted by molar-refractivity contribution is 0.372. The molecule has 2 unspecified atom stereocenters. The summed E-state index contributed by atoms with van der Waals surface area (Å²) in [6.07, 6.45) is 6.59. The van der Waals surface area contributed by atoms with Gasteiger partial charge in [-0.25, -0.2) is 4.98 Å². The van der Waals surface area contributed by atoms with Crippen LogP contribution in [-0.4, -0.2) is 31.2 Å². The number of hydrogen-bond acceptors (Lipinski definition) is 4. The Morgan fingerprint density at radius 2 is 2.18 bits per heavy atom. The minimum Gasteiger partial charge on any atom is -0.481 e. The molecule has 4 heteroatoms. The largest absolute Gasteiger partial charge is 0.481 e. The fourth-order valence-electron chi connectivity index (χ4n) is 2.54. The standard InChI is InChI=1S/C13H21N3O/c1-16(12-6-4-3-5-11(12)14)10-7-8-15-13(9-10)17-2/h7-9,11-12H,3-6,14H2,1-2H3. The van der Waals surface area contributed by atoms with Gasteiger partial charge in [-0.1, -0.05) is 12.8 Å². The first-order chi connectivity index (χ1) is 8.22. The van der Waals surface area contributed by atoms with Crippen LogP contribution < -0.4 is 15.4 Å². The van der Waals surface area contributed by atoms with Crippen LogP contribution in [0, 0.1) is 0 Å². The Balaban J connectivity index is 2.14. The molecule has 1 aliphatic rings. The minimum absolute atomic E-state index is 0.271. The molecule has 0 aromatic carbocycles. The molecule has 0 bridgehead atoms. The third-order valence-electron chi connectivity index (χ3n) is 3.61. The Morgan fingerprint density at radius 1 is 1.41 bits per heavy atom. The van der Waals surface area contributed by atoms with E-state index in [-0.39, 0.29) is 6.04 Å². The molecular formula is C13H21N3O. The van der Waals surface area contributed by atoms with Crippen molar-refractivity contribution in [2.24, 2.45) is 5.73 Å². The lowest BCUT2D eigenvalue weighted by Crippen LogP contribution is -2.48. The number of pyridine rings is 1. The van der Waals surface area contributed by atoms with Gasteiger partial charge in [0.2, 0.25) is 5.88 Å². The number of nitrogens with zero attached hydrogens (tertiary/aromatic N) is 2. The molecule has 0 radical (unpaired) electrons. The first-order valence-electron chi connectivity index (χ1n) is 6.21. The number of aromatic nitrogens is 1. The predicted molar refractivity (Wildman–Crippen MR) is 69.4 cm³/mol. The van der Waals surface area contributed by atoms with Crippen molar-refractivity contribution in [2.45, 2.75) is 37.8 Å². The van der Waals surface area contributed by atoms with Crippen LogP contribution in [0.15, 0.2) is 18.3 Å². The molecule has 1 fully saturated rings. The maximum atomic E-state index is 6.20. The minimum atomic E-state index is 0.271. The first kappa shape index (κ1) is 12.2. The number of rotatable bonds is 3. The third-order valence-corrected chi connectivity index (χ3v) is 3.61.